The minimum Gasteiger partial charge on any atom is -0.491 e. The van der Waals surface area contributed by atoms with Gasteiger partial charge in [-0.2, -0.15) is 0 Å². The number of piperazine rings is 2. The number of hydrogen-bond acceptors (Lipinski definition) is 9. The van der Waals surface area contributed by atoms with Crippen molar-refractivity contribution in [2.24, 2.45) is 0 Å². The number of halogens is 6. The van der Waals surface area contributed by atoms with Crippen LogP contribution in [0.3, 0.4) is 0 Å². The lowest BCUT2D eigenvalue weighted by atomic mass is 10.2. The monoisotopic (exact) mass is 900 g/mol. The summed E-state index contributed by atoms with van der Waals surface area (Å²) in [5.41, 5.74) is -0.644. The van der Waals surface area contributed by atoms with Crippen LogP contribution in [0.1, 0.15) is 20.8 Å². The first kappa shape index (κ1) is 48.6. The van der Waals surface area contributed by atoms with Gasteiger partial charge in [0.1, 0.15) is 53.4 Å². The maximum Gasteiger partial charge on any atom is 0.415 e. The summed E-state index contributed by atoms with van der Waals surface area (Å²) in [6, 6.07) is 23.9. The van der Waals surface area contributed by atoms with Crippen LogP contribution in [-0.4, -0.2) is 103 Å². The molecule has 2 heterocycles. The van der Waals surface area contributed by atoms with E-state index in [1.54, 1.807) is 92.4 Å². The van der Waals surface area contributed by atoms with Crippen LogP contribution in [-0.2, 0) is 4.74 Å². The molecule has 0 aromatic heterocycles. The van der Waals surface area contributed by atoms with Gasteiger partial charge in [-0.1, -0.05) is 35.3 Å². The summed E-state index contributed by atoms with van der Waals surface area (Å²) in [6.45, 7) is 8.08. The van der Waals surface area contributed by atoms with Crippen molar-refractivity contribution in [1.29, 1.82) is 0 Å². The number of hydrogen-bond donors (Lipinski definition) is 1. The highest BCUT2D eigenvalue weighted by atomic mass is 35.5. The van der Waals surface area contributed by atoms with Gasteiger partial charge in [0.05, 0.1) is 12.1 Å². The molecular formula is C41H46Cl4F2N4O8. The number of nitrogens with zero attached hydrogens (tertiary/aromatic N) is 3. The van der Waals surface area contributed by atoms with E-state index in [2.05, 4.69) is 5.32 Å². The molecule has 1 N–H and O–H groups in total. The molecule has 0 spiro atoms. The molecule has 0 radical (unpaired) electrons. The van der Waals surface area contributed by atoms with Gasteiger partial charge in [-0.15, -0.1) is 24.8 Å². The molecule has 4 aromatic rings. The van der Waals surface area contributed by atoms with E-state index in [1.807, 2.05) is 0 Å². The summed E-state index contributed by atoms with van der Waals surface area (Å²) in [4.78, 5) is 42.5. The second-order valence-corrected chi connectivity index (χ2v) is 14.9. The van der Waals surface area contributed by atoms with Crippen LogP contribution in [0.2, 0.25) is 10.0 Å². The van der Waals surface area contributed by atoms with Crippen molar-refractivity contribution in [2.75, 3.05) is 52.5 Å². The number of amides is 3. The molecule has 320 valence electrons. The van der Waals surface area contributed by atoms with E-state index in [9.17, 15) is 23.2 Å². The van der Waals surface area contributed by atoms with E-state index in [-0.39, 0.29) is 69.5 Å². The first-order chi connectivity index (χ1) is 27.2. The van der Waals surface area contributed by atoms with Gasteiger partial charge in [-0.3, -0.25) is 9.80 Å². The zero-order valence-electron chi connectivity index (χ0n) is 32.5. The fourth-order valence-corrected chi connectivity index (χ4v) is 5.96. The predicted molar refractivity (Wildman–Crippen MR) is 225 cm³/mol. The Kier molecular flexibility index (Phi) is 19.1. The second kappa shape index (κ2) is 23.2. The fourth-order valence-electron chi connectivity index (χ4n) is 5.70. The topological polar surface area (TPSA) is 119 Å². The summed E-state index contributed by atoms with van der Waals surface area (Å²) in [7, 11) is 0. The van der Waals surface area contributed by atoms with Crippen LogP contribution >= 0.6 is 48.0 Å². The van der Waals surface area contributed by atoms with Crippen LogP contribution in [0.25, 0.3) is 0 Å². The van der Waals surface area contributed by atoms with Crippen molar-refractivity contribution in [3.8, 4) is 23.0 Å². The van der Waals surface area contributed by atoms with Crippen LogP contribution in [0.15, 0.2) is 97.1 Å². The third-order valence-electron chi connectivity index (χ3n) is 8.47. The Morgan fingerprint density at radius 2 is 1.14 bits per heavy atom. The standard InChI is InChI=1S/C23H26ClFN2O5.C18H18ClFN2O3.2ClH/c1-23(2,3)32-21(28)26-11-12-27(22(29)31-19-9-7-16(24)8-10-19)18(14-26)15-30-20-6-4-5-17(25)13-20;19-13-4-6-16(7-5-13)25-18(23)22-9-8-21-11-15(22)12-24-17-3-1-2-14(20)10-17;;/h4-10,13,18H,11-12,14-15H2,1-3H3;1-7,10,15,21H,8-9,11-12H2;2*1H. The van der Waals surface area contributed by atoms with E-state index in [1.165, 1.54) is 40.1 Å². The summed E-state index contributed by atoms with van der Waals surface area (Å²) in [5, 5.41) is 4.32. The number of carbonyl (C=O) groups excluding carboxylic acids is 3. The SMILES string of the molecule is CC(C)(C)OC(=O)N1CCN(C(=O)Oc2ccc(Cl)cc2)C(COc2cccc(F)c2)C1.Cl.Cl.O=C(Oc1ccc(Cl)cc1)N1CCNCC1COc1cccc(F)c1. The molecule has 2 unspecified atom stereocenters. The number of carbonyl (C=O) groups is 3. The first-order valence-electron chi connectivity index (χ1n) is 18.2. The number of rotatable bonds is 8. The molecule has 3 amide bonds. The second-order valence-electron chi connectivity index (χ2n) is 14.0. The van der Waals surface area contributed by atoms with Gasteiger partial charge >= 0.3 is 18.3 Å². The maximum atomic E-state index is 13.5. The van der Waals surface area contributed by atoms with Crippen molar-refractivity contribution in [3.05, 3.63) is 119 Å². The van der Waals surface area contributed by atoms with Crippen LogP contribution < -0.4 is 24.3 Å². The minimum absolute atomic E-state index is 0. The number of nitrogens with one attached hydrogen (secondary N) is 1. The molecular weight excluding hydrogens is 856 g/mol. The smallest absolute Gasteiger partial charge is 0.415 e. The van der Waals surface area contributed by atoms with Gasteiger partial charge in [-0.05, 0) is 93.6 Å². The van der Waals surface area contributed by atoms with Gasteiger partial charge in [0.25, 0.3) is 0 Å². The Hall–Kier alpha value is -4.73. The highest BCUT2D eigenvalue weighted by Crippen LogP contribution is 2.22. The molecule has 4 aromatic carbocycles. The fraction of sp³-hybridized carbons (Fsp3) is 0.341. The van der Waals surface area contributed by atoms with Gasteiger partial charge < -0.3 is 33.9 Å². The maximum absolute atomic E-state index is 13.5. The summed E-state index contributed by atoms with van der Waals surface area (Å²) < 4.78 is 54.4. The zero-order valence-corrected chi connectivity index (χ0v) is 35.6. The molecule has 6 rings (SSSR count). The molecule has 59 heavy (non-hydrogen) atoms. The highest BCUT2D eigenvalue weighted by molar-refractivity contribution is 6.30. The molecule has 0 aliphatic carbocycles. The molecule has 18 heteroatoms. The molecule has 0 bridgehead atoms. The van der Waals surface area contributed by atoms with E-state index >= 15 is 0 Å². The zero-order chi connectivity index (χ0) is 41.0. The quantitative estimate of drug-likeness (QED) is 0.185. The summed E-state index contributed by atoms with van der Waals surface area (Å²) >= 11 is 11.7. The van der Waals surface area contributed by atoms with Gasteiger partial charge in [-0.25, -0.2) is 23.2 Å². The van der Waals surface area contributed by atoms with Crippen molar-refractivity contribution in [1.82, 2.24) is 20.0 Å². The lowest BCUT2D eigenvalue weighted by Gasteiger charge is -2.40. The van der Waals surface area contributed by atoms with Gasteiger partial charge in [0.2, 0.25) is 0 Å². The molecule has 2 saturated heterocycles. The molecule has 2 aliphatic heterocycles. The number of benzene rings is 4. The Morgan fingerprint density at radius 3 is 1.61 bits per heavy atom. The van der Waals surface area contributed by atoms with E-state index in [0.717, 1.165) is 0 Å². The molecule has 0 saturated carbocycles. The van der Waals surface area contributed by atoms with Crippen LogP contribution in [0.4, 0.5) is 23.2 Å². The minimum atomic E-state index is -0.644. The van der Waals surface area contributed by atoms with E-state index in [0.29, 0.717) is 52.7 Å². The lowest BCUT2D eigenvalue weighted by Crippen LogP contribution is -2.59. The Labute approximate surface area is 364 Å². The highest BCUT2D eigenvalue weighted by Gasteiger charge is 2.36. The van der Waals surface area contributed by atoms with E-state index in [4.69, 9.17) is 46.9 Å². The summed E-state index contributed by atoms with van der Waals surface area (Å²) in [5.74, 6) is 0.734. The van der Waals surface area contributed by atoms with Crippen molar-refractivity contribution < 1.29 is 46.8 Å². The molecule has 2 aliphatic rings. The van der Waals surface area contributed by atoms with Crippen LogP contribution in [0.5, 0.6) is 23.0 Å². The number of ether oxygens (including phenoxy) is 5. The average Bonchev–Trinajstić information content (AvgIpc) is 3.17. The van der Waals surface area contributed by atoms with Crippen molar-refractivity contribution in [2.45, 2.75) is 38.5 Å². The molecule has 2 fully saturated rings. The third-order valence-corrected chi connectivity index (χ3v) is 8.97. The van der Waals surface area contributed by atoms with Gasteiger partial charge in [0.15, 0.2) is 0 Å². The Bertz CT molecular complexity index is 1960. The summed E-state index contributed by atoms with van der Waals surface area (Å²) in [6.07, 6.45) is -1.50. The molecule has 2 atom stereocenters. The first-order valence-corrected chi connectivity index (χ1v) is 18.9. The van der Waals surface area contributed by atoms with Gasteiger partial charge in [0, 0.05) is 61.4 Å². The Balaban J connectivity index is 0.000000313. The Morgan fingerprint density at radius 1 is 0.661 bits per heavy atom. The third kappa shape index (κ3) is 15.8. The predicted octanol–water partition coefficient (Wildman–Crippen LogP) is 9.15. The lowest BCUT2D eigenvalue weighted by molar-refractivity contribution is 0.000831. The van der Waals surface area contributed by atoms with Crippen molar-refractivity contribution >= 4 is 66.3 Å². The average molecular weight is 903 g/mol. The van der Waals surface area contributed by atoms with E-state index < -0.39 is 35.7 Å². The van der Waals surface area contributed by atoms with Crippen LogP contribution in [0, 0.1) is 11.6 Å². The van der Waals surface area contributed by atoms with Crippen molar-refractivity contribution in [3.63, 3.8) is 0 Å². The largest absolute Gasteiger partial charge is 0.491 e. The normalized spacial score (nSPS) is 16.2. The molecule has 12 nitrogen and oxygen atoms in total.